The molecule has 0 saturated carbocycles. The molecule has 1 fully saturated rings. The second-order valence-electron chi connectivity index (χ2n) is 5.81. The number of methoxy groups -OCH3 is 1. The van der Waals surface area contributed by atoms with Gasteiger partial charge in [-0.3, -0.25) is 4.79 Å². The van der Waals surface area contributed by atoms with Crippen molar-refractivity contribution in [2.24, 2.45) is 0 Å². The monoisotopic (exact) mass is 346 g/mol. The fourth-order valence-corrected chi connectivity index (χ4v) is 2.93. The van der Waals surface area contributed by atoms with Crippen molar-refractivity contribution in [1.29, 1.82) is 0 Å². The van der Waals surface area contributed by atoms with Crippen molar-refractivity contribution < 1.29 is 24.1 Å². The van der Waals surface area contributed by atoms with Crippen LogP contribution in [-0.2, 0) is 9.47 Å². The molecule has 2 aromatic rings. The Morgan fingerprint density at radius 1 is 1.44 bits per heavy atom. The Hall–Kier alpha value is -2.22. The van der Waals surface area contributed by atoms with Crippen LogP contribution in [0.5, 0.6) is 5.88 Å². The molecule has 1 aromatic carbocycles. The first-order valence-electron chi connectivity index (χ1n) is 8.27. The van der Waals surface area contributed by atoms with Crippen LogP contribution in [0.15, 0.2) is 30.3 Å². The molecule has 0 unspecified atom stereocenters. The number of pyridine rings is 1. The SMILES string of the molecule is COc1cc(C(=O)N[C@@H]2CCOC[C@H]2OCCO)c2ccccc2n1. The first kappa shape index (κ1) is 17.6. The normalized spacial score (nSPS) is 20.4. The number of hydrogen-bond acceptors (Lipinski definition) is 6. The molecule has 0 spiro atoms. The van der Waals surface area contributed by atoms with Crippen molar-refractivity contribution in [3.63, 3.8) is 0 Å². The van der Waals surface area contributed by atoms with Gasteiger partial charge in [0.05, 0.1) is 44.1 Å². The van der Waals surface area contributed by atoms with Crippen molar-refractivity contribution >= 4 is 16.8 Å². The van der Waals surface area contributed by atoms with E-state index in [2.05, 4.69) is 10.3 Å². The van der Waals surface area contributed by atoms with E-state index in [-0.39, 0.29) is 31.3 Å². The number of hydrogen-bond donors (Lipinski definition) is 2. The van der Waals surface area contributed by atoms with E-state index in [1.807, 2.05) is 24.3 Å². The van der Waals surface area contributed by atoms with E-state index in [0.29, 0.717) is 36.6 Å². The molecule has 2 N–H and O–H groups in total. The molecule has 25 heavy (non-hydrogen) atoms. The van der Waals surface area contributed by atoms with Crippen LogP contribution in [0.3, 0.4) is 0 Å². The predicted molar refractivity (Wildman–Crippen MR) is 91.8 cm³/mol. The molecule has 3 rings (SSSR count). The van der Waals surface area contributed by atoms with Gasteiger partial charge in [-0.1, -0.05) is 18.2 Å². The minimum atomic E-state index is -0.278. The third-order valence-corrected chi connectivity index (χ3v) is 4.19. The number of aromatic nitrogens is 1. The highest BCUT2D eigenvalue weighted by Crippen LogP contribution is 2.22. The third kappa shape index (κ3) is 4.07. The van der Waals surface area contributed by atoms with E-state index in [4.69, 9.17) is 19.3 Å². The highest BCUT2D eigenvalue weighted by molar-refractivity contribution is 6.06. The van der Waals surface area contributed by atoms with Gasteiger partial charge < -0.3 is 24.6 Å². The molecular weight excluding hydrogens is 324 g/mol. The van der Waals surface area contributed by atoms with Gasteiger partial charge >= 0.3 is 0 Å². The molecule has 1 aromatic heterocycles. The van der Waals surface area contributed by atoms with Gasteiger partial charge in [-0.05, 0) is 12.5 Å². The second kappa shape index (κ2) is 8.24. The van der Waals surface area contributed by atoms with Crippen LogP contribution in [0.25, 0.3) is 10.9 Å². The summed E-state index contributed by atoms with van der Waals surface area (Å²) in [5.41, 5.74) is 1.21. The number of fused-ring (bicyclic) bond motifs is 1. The Kier molecular flexibility index (Phi) is 5.80. The van der Waals surface area contributed by atoms with E-state index in [1.165, 1.54) is 7.11 Å². The molecule has 1 amide bonds. The zero-order valence-corrected chi connectivity index (χ0v) is 14.1. The molecular formula is C18H22N2O5. The average Bonchev–Trinajstić information content (AvgIpc) is 2.66. The van der Waals surface area contributed by atoms with Crippen molar-refractivity contribution in [1.82, 2.24) is 10.3 Å². The van der Waals surface area contributed by atoms with Gasteiger partial charge in [0, 0.05) is 18.1 Å². The number of amides is 1. The number of nitrogens with zero attached hydrogens (tertiary/aromatic N) is 1. The predicted octanol–water partition coefficient (Wildman–Crippen LogP) is 1.14. The molecule has 2 atom stereocenters. The lowest BCUT2D eigenvalue weighted by molar-refractivity contribution is -0.0737. The molecule has 0 radical (unpaired) electrons. The Balaban J connectivity index is 1.83. The molecule has 7 nitrogen and oxygen atoms in total. The summed E-state index contributed by atoms with van der Waals surface area (Å²) in [6, 6.07) is 8.91. The van der Waals surface area contributed by atoms with E-state index in [9.17, 15) is 4.79 Å². The van der Waals surface area contributed by atoms with Gasteiger partial charge in [-0.15, -0.1) is 0 Å². The molecule has 7 heteroatoms. The lowest BCUT2D eigenvalue weighted by Gasteiger charge is -2.32. The smallest absolute Gasteiger partial charge is 0.252 e. The summed E-state index contributed by atoms with van der Waals surface area (Å²) in [7, 11) is 1.52. The first-order chi connectivity index (χ1) is 12.2. The minimum Gasteiger partial charge on any atom is -0.481 e. The fourth-order valence-electron chi connectivity index (χ4n) is 2.93. The number of para-hydroxylation sites is 1. The quantitative estimate of drug-likeness (QED) is 0.815. The molecule has 0 aliphatic carbocycles. The van der Waals surface area contributed by atoms with Gasteiger partial charge in [0.2, 0.25) is 5.88 Å². The number of rotatable bonds is 6. The number of nitrogens with one attached hydrogen (secondary N) is 1. The number of ether oxygens (including phenoxy) is 3. The topological polar surface area (TPSA) is 89.9 Å². The first-order valence-corrected chi connectivity index (χ1v) is 8.27. The van der Waals surface area contributed by atoms with Crippen LogP contribution >= 0.6 is 0 Å². The molecule has 134 valence electrons. The maximum Gasteiger partial charge on any atom is 0.252 e. The van der Waals surface area contributed by atoms with Crippen molar-refractivity contribution in [2.75, 3.05) is 33.5 Å². The van der Waals surface area contributed by atoms with Gasteiger partial charge in [-0.2, -0.15) is 0 Å². The molecule has 2 heterocycles. The Labute approximate surface area is 145 Å². The summed E-state index contributed by atoms with van der Waals surface area (Å²) < 4.78 is 16.2. The van der Waals surface area contributed by atoms with Crippen LogP contribution < -0.4 is 10.1 Å². The zero-order chi connectivity index (χ0) is 17.6. The minimum absolute atomic E-state index is 0.0661. The maximum absolute atomic E-state index is 12.9. The summed E-state index contributed by atoms with van der Waals surface area (Å²) in [6.45, 7) is 1.10. The van der Waals surface area contributed by atoms with Crippen LogP contribution in [0.2, 0.25) is 0 Å². The van der Waals surface area contributed by atoms with E-state index in [1.54, 1.807) is 6.07 Å². The summed E-state index contributed by atoms with van der Waals surface area (Å²) in [5.74, 6) is 0.185. The molecule has 1 saturated heterocycles. The lowest BCUT2D eigenvalue weighted by atomic mass is 10.0. The molecule has 1 aliphatic rings. The lowest BCUT2D eigenvalue weighted by Crippen LogP contribution is -2.50. The number of benzene rings is 1. The van der Waals surface area contributed by atoms with Gasteiger partial charge in [-0.25, -0.2) is 4.98 Å². The number of aliphatic hydroxyl groups excluding tert-OH is 1. The van der Waals surface area contributed by atoms with Gasteiger partial charge in [0.15, 0.2) is 0 Å². The average molecular weight is 346 g/mol. The van der Waals surface area contributed by atoms with Crippen LogP contribution in [0.1, 0.15) is 16.8 Å². The van der Waals surface area contributed by atoms with Crippen LogP contribution in [-0.4, -0.2) is 61.7 Å². The Bertz CT molecular complexity index is 736. The highest BCUT2D eigenvalue weighted by Gasteiger charge is 2.28. The van der Waals surface area contributed by atoms with Crippen molar-refractivity contribution in [2.45, 2.75) is 18.6 Å². The Morgan fingerprint density at radius 3 is 3.08 bits per heavy atom. The third-order valence-electron chi connectivity index (χ3n) is 4.19. The summed E-state index contributed by atoms with van der Waals surface area (Å²) in [4.78, 5) is 17.2. The number of carbonyl (C=O) groups excluding carboxylic acids is 1. The number of aliphatic hydroxyl groups is 1. The maximum atomic E-state index is 12.9. The summed E-state index contributed by atoms with van der Waals surface area (Å²) in [5, 5.41) is 12.7. The van der Waals surface area contributed by atoms with E-state index >= 15 is 0 Å². The fraction of sp³-hybridized carbons (Fsp3) is 0.444. The standard InChI is InChI=1S/C18H22N2O5/c1-23-17-10-13(12-4-2-3-5-14(12)19-17)18(22)20-15-6-8-24-11-16(15)25-9-7-21/h2-5,10,15-16,21H,6-9,11H2,1H3,(H,20,22)/t15-,16-/m1/s1. The Morgan fingerprint density at radius 2 is 2.28 bits per heavy atom. The zero-order valence-electron chi connectivity index (χ0n) is 14.1. The largest absolute Gasteiger partial charge is 0.481 e. The van der Waals surface area contributed by atoms with E-state index < -0.39 is 0 Å². The van der Waals surface area contributed by atoms with Crippen LogP contribution in [0, 0.1) is 0 Å². The molecule has 1 aliphatic heterocycles. The van der Waals surface area contributed by atoms with Crippen molar-refractivity contribution in [3.05, 3.63) is 35.9 Å². The second-order valence-corrected chi connectivity index (χ2v) is 5.81. The molecule has 0 bridgehead atoms. The van der Waals surface area contributed by atoms with Gasteiger partial charge in [0.1, 0.15) is 6.10 Å². The highest BCUT2D eigenvalue weighted by atomic mass is 16.5. The summed E-state index contributed by atoms with van der Waals surface area (Å²) in [6.07, 6.45) is 0.377. The van der Waals surface area contributed by atoms with Gasteiger partial charge in [0.25, 0.3) is 5.91 Å². The summed E-state index contributed by atoms with van der Waals surface area (Å²) >= 11 is 0. The van der Waals surface area contributed by atoms with E-state index in [0.717, 1.165) is 5.39 Å². The number of carbonyl (C=O) groups is 1. The van der Waals surface area contributed by atoms with Crippen LogP contribution in [0.4, 0.5) is 0 Å². The van der Waals surface area contributed by atoms with Crippen molar-refractivity contribution in [3.8, 4) is 5.88 Å².